The molecule has 3 fully saturated rings. The lowest BCUT2D eigenvalue weighted by Gasteiger charge is -2.49. The second-order valence-corrected chi connectivity index (χ2v) is 7.90. The predicted octanol–water partition coefficient (Wildman–Crippen LogP) is 2.08. The molecule has 3 aliphatic rings. The van der Waals surface area contributed by atoms with Gasteiger partial charge in [-0.25, -0.2) is 0 Å². The van der Waals surface area contributed by atoms with E-state index >= 15 is 0 Å². The Morgan fingerprint density at radius 2 is 1.80 bits per heavy atom. The summed E-state index contributed by atoms with van der Waals surface area (Å²) in [4.78, 5) is 27.6. The number of nitrogens with one attached hydrogen (secondary N) is 1. The highest BCUT2D eigenvalue weighted by atomic mass is 16.2. The van der Waals surface area contributed by atoms with Crippen molar-refractivity contribution in [3.05, 3.63) is 0 Å². The lowest BCUT2D eigenvalue weighted by Crippen LogP contribution is -2.72. The van der Waals surface area contributed by atoms with Crippen LogP contribution in [0.5, 0.6) is 0 Å². The molecule has 2 saturated carbocycles. The van der Waals surface area contributed by atoms with E-state index in [0.29, 0.717) is 5.92 Å². The molecule has 0 aromatic rings. The molecular weight excluding hydrogens is 252 g/mol. The number of carbonyl (C=O) groups is 2. The Hall–Kier alpha value is -1.06. The maximum Gasteiger partial charge on any atom is 0.246 e. The van der Waals surface area contributed by atoms with Crippen molar-refractivity contribution in [2.24, 2.45) is 11.3 Å². The van der Waals surface area contributed by atoms with Crippen molar-refractivity contribution >= 4 is 11.8 Å². The van der Waals surface area contributed by atoms with Gasteiger partial charge in [0.2, 0.25) is 11.8 Å². The highest BCUT2D eigenvalue weighted by Crippen LogP contribution is 2.42. The zero-order valence-corrected chi connectivity index (χ0v) is 12.9. The van der Waals surface area contributed by atoms with Crippen LogP contribution in [-0.4, -0.2) is 34.8 Å². The topological polar surface area (TPSA) is 49.4 Å². The summed E-state index contributed by atoms with van der Waals surface area (Å²) in [5.74, 6) is 0.865. The van der Waals surface area contributed by atoms with Crippen molar-refractivity contribution < 1.29 is 9.59 Å². The Morgan fingerprint density at radius 3 is 2.30 bits per heavy atom. The minimum atomic E-state index is -0.526. The van der Waals surface area contributed by atoms with Crippen LogP contribution in [0.2, 0.25) is 0 Å². The summed E-state index contributed by atoms with van der Waals surface area (Å²) in [5.41, 5.74) is -0.754. The normalized spacial score (nSPS) is 29.9. The molecule has 0 aromatic heterocycles. The van der Waals surface area contributed by atoms with Crippen LogP contribution in [-0.2, 0) is 9.59 Å². The second-order valence-electron chi connectivity index (χ2n) is 7.90. The van der Waals surface area contributed by atoms with Gasteiger partial charge < -0.3 is 10.2 Å². The molecule has 4 heteroatoms. The first-order chi connectivity index (χ1) is 9.34. The molecular formula is C16H26N2O2. The first kappa shape index (κ1) is 13.9. The molecule has 1 spiro atoms. The summed E-state index contributed by atoms with van der Waals surface area (Å²) in [6.45, 7) is 6.87. The number of amides is 2. The SMILES string of the molecule is CC(C)(C)C1NC(=O)C2(CCCC2)N(CC2CC2)C1=O. The zero-order chi connectivity index (χ0) is 14.5. The van der Waals surface area contributed by atoms with Gasteiger partial charge in [0, 0.05) is 6.54 Å². The highest BCUT2D eigenvalue weighted by Gasteiger charge is 2.56. The molecule has 4 nitrogen and oxygen atoms in total. The molecule has 1 unspecified atom stereocenters. The standard InChI is InChI=1S/C16H26N2O2/c1-15(2,3)12-13(19)18(10-11-6-7-11)16(14(20)17-12)8-4-5-9-16/h11-12H,4-10H2,1-3H3,(H,17,20). The molecule has 0 aromatic carbocycles. The van der Waals surface area contributed by atoms with Crippen LogP contribution in [0, 0.1) is 11.3 Å². The smallest absolute Gasteiger partial charge is 0.246 e. The summed E-state index contributed by atoms with van der Waals surface area (Å²) < 4.78 is 0. The van der Waals surface area contributed by atoms with E-state index in [1.165, 1.54) is 12.8 Å². The van der Waals surface area contributed by atoms with Crippen LogP contribution < -0.4 is 5.32 Å². The largest absolute Gasteiger partial charge is 0.342 e. The minimum absolute atomic E-state index is 0.0928. The molecule has 0 radical (unpaired) electrons. The Kier molecular flexibility index (Phi) is 3.11. The van der Waals surface area contributed by atoms with Crippen LogP contribution in [0.1, 0.15) is 59.3 Å². The Balaban J connectivity index is 1.92. The molecule has 112 valence electrons. The molecule has 1 atom stereocenters. The maximum absolute atomic E-state index is 13.0. The lowest BCUT2D eigenvalue weighted by molar-refractivity contribution is -0.160. The highest BCUT2D eigenvalue weighted by molar-refractivity contribution is 6.00. The summed E-state index contributed by atoms with van der Waals surface area (Å²) in [5, 5.41) is 3.03. The van der Waals surface area contributed by atoms with Gasteiger partial charge in [-0.05, 0) is 37.0 Å². The minimum Gasteiger partial charge on any atom is -0.342 e. The molecule has 3 rings (SSSR count). The van der Waals surface area contributed by atoms with E-state index < -0.39 is 5.54 Å². The molecule has 1 heterocycles. The number of rotatable bonds is 2. The van der Waals surface area contributed by atoms with Gasteiger partial charge in [0.1, 0.15) is 11.6 Å². The molecule has 0 bridgehead atoms. The third-order valence-corrected chi connectivity index (χ3v) is 5.16. The Bertz CT molecular complexity index is 428. The summed E-state index contributed by atoms with van der Waals surface area (Å²) in [6.07, 6.45) is 6.22. The van der Waals surface area contributed by atoms with E-state index in [0.717, 1.165) is 32.2 Å². The van der Waals surface area contributed by atoms with Crippen molar-refractivity contribution in [1.29, 1.82) is 0 Å². The van der Waals surface area contributed by atoms with Crippen LogP contribution in [0.3, 0.4) is 0 Å². The molecule has 1 aliphatic heterocycles. The van der Waals surface area contributed by atoms with Gasteiger partial charge in [-0.3, -0.25) is 9.59 Å². The van der Waals surface area contributed by atoms with E-state index in [9.17, 15) is 9.59 Å². The van der Waals surface area contributed by atoms with Gasteiger partial charge in [-0.15, -0.1) is 0 Å². The Morgan fingerprint density at radius 1 is 1.20 bits per heavy atom. The van der Waals surface area contributed by atoms with Crippen LogP contribution in [0.25, 0.3) is 0 Å². The third kappa shape index (κ3) is 2.13. The van der Waals surface area contributed by atoms with E-state index in [1.807, 2.05) is 25.7 Å². The number of hydrogen-bond donors (Lipinski definition) is 1. The van der Waals surface area contributed by atoms with Crippen molar-refractivity contribution in [2.45, 2.75) is 70.9 Å². The van der Waals surface area contributed by atoms with Gasteiger partial charge in [0.25, 0.3) is 0 Å². The summed E-state index contributed by atoms with van der Waals surface area (Å²) in [6, 6.07) is -0.375. The van der Waals surface area contributed by atoms with Crippen molar-refractivity contribution in [1.82, 2.24) is 10.2 Å². The molecule has 2 amide bonds. The number of hydrogen-bond acceptors (Lipinski definition) is 2. The number of carbonyl (C=O) groups excluding carboxylic acids is 2. The number of piperazine rings is 1. The van der Waals surface area contributed by atoms with E-state index in [2.05, 4.69) is 5.32 Å². The van der Waals surface area contributed by atoms with Crippen molar-refractivity contribution in [3.8, 4) is 0 Å². The third-order valence-electron chi connectivity index (χ3n) is 5.16. The van der Waals surface area contributed by atoms with Crippen molar-refractivity contribution in [2.75, 3.05) is 6.54 Å². The molecule has 1 N–H and O–H groups in total. The lowest BCUT2D eigenvalue weighted by atomic mass is 9.80. The maximum atomic E-state index is 13.0. The zero-order valence-electron chi connectivity index (χ0n) is 12.9. The van der Waals surface area contributed by atoms with Crippen LogP contribution in [0.15, 0.2) is 0 Å². The predicted molar refractivity (Wildman–Crippen MR) is 77.0 cm³/mol. The van der Waals surface area contributed by atoms with Crippen molar-refractivity contribution in [3.63, 3.8) is 0 Å². The van der Waals surface area contributed by atoms with E-state index in [1.54, 1.807) is 0 Å². The number of nitrogens with zero attached hydrogens (tertiary/aromatic N) is 1. The quantitative estimate of drug-likeness (QED) is 0.841. The fraction of sp³-hybridized carbons (Fsp3) is 0.875. The van der Waals surface area contributed by atoms with E-state index in [-0.39, 0.29) is 23.3 Å². The second kappa shape index (κ2) is 4.47. The van der Waals surface area contributed by atoms with E-state index in [4.69, 9.17) is 0 Å². The molecule has 1 saturated heterocycles. The van der Waals surface area contributed by atoms with Gasteiger partial charge in [0.15, 0.2) is 0 Å². The van der Waals surface area contributed by atoms with Gasteiger partial charge >= 0.3 is 0 Å². The first-order valence-electron chi connectivity index (χ1n) is 7.97. The summed E-state index contributed by atoms with van der Waals surface area (Å²) in [7, 11) is 0. The fourth-order valence-corrected chi connectivity index (χ4v) is 3.68. The Labute approximate surface area is 121 Å². The molecule has 20 heavy (non-hydrogen) atoms. The van der Waals surface area contributed by atoms with Gasteiger partial charge in [0.05, 0.1) is 0 Å². The van der Waals surface area contributed by atoms with Crippen LogP contribution >= 0.6 is 0 Å². The molecule has 2 aliphatic carbocycles. The van der Waals surface area contributed by atoms with Crippen LogP contribution in [0.4, 0.5) is 0 Å². The first-order valence-corrected chi connectivity index (χ1v) is 7.97. The van der Waals surface area contributed by atoms with Gasteiger partial charge in [-0.2, -0.15) is 0 Å². The average molecular weight is 278 g/mol. The van der Waals surface area contributed by atoms with Gasteiger partial charge in [-0.1, -0.05) is 33.6 Å². The monoisotopic (exact) mass is 278 g/mol. The average Bonchev–Trinajstić information content (AvgIpc) is 3.05. The fourth-order valence-electron chi connectivity index (χ4n) is 3.68. The summed E-state index contributed by atoms with van der Waals surface area (Å²) >= 11 is 0.